The van der Waals surface area contributed by atoms with Crippen molar-refractivity contribution in [3.63, 3.8) is 0 Å². The van der Waals surface area contributed by atoms with Crippen LogP contribution in [0.5, 0.6) is 0 Å². The van der Waals surface area contributed by atoms with E-state index in [0.29, 0.717) is 33.4 Å². The predicted molar refractivity (Wildman–Crippen MR) is 138 cm³/mol. The van der Waals surface area contributed by atoms with Gasteiger partial charge in [-0.1, -0.05) is 41.9 Å². The third-order valence-electron chi connectivity index (χ3n) is 5.79. The minimum atomic E-state index is -0.384. The number of hydrogen-bond acceptors (Lipinski definition) is 4. The van der Waals surface area contributed by atoms with Crippen LogP contribution >= 0.6 is 27.5 Å². The Kier molecular flexibility index (Phi) is 7.75. The number of nitrogens with zero attached hydrogens (tertiary/aromatic N) is 2. The number of pyridine rings is 1. The molecule has 3 aromatic rings. The number of hydrogen-bond donors (Lipinski definition) is 2. The van der Waals surface area contributed by atoms with Gasteiger partial charge >= 0.3 is 0 Å². The molecule has 174 valence electrons. The number of carbonyl (C=O) groups excluding carboxylic acids is 2. The molecule has 6 nitrogen and oxygen atoms in total. The minimum Gasteiger partial charge on any atom is -0.357 e. The van der Waals surface area contributed by atoms with Gasteiger partial charge < -0.3 is 10.2 Å². The van der Waals surface area contributed by atoms with Gasteiger partial charge in [-0.25, -0.2) is 4.98 Å². The van der Waals surface area contributed by atoms with Gasteiger partial charge in [-0.3, -0.25) is 15.0 Å². The van der Waals surface area contributed by atoms with Gasteiger partial charge in [-0.15, -0.1) is 0 Å². The van der Waals surface area contributed by atoms with Crippen molar-refractivity contribution in [1.29, 1.82) is 5.41 Å². The first-order valence-corrected chi connectivity index (χ1v) is 12.3. The Balaban J connectivity index is 1.47. The Morgan fingerprint density at radius 2 is 1.71 bits per heavy atom. The van der Waals surface area contributed by atoms with Crippen molar-refractivity contribution in [3.05, 3.63) is 92.5 Å². The fraction of sp³-hybridized carbons (Fsp3) is 0.231. The van der Waals surface area contributed by atoms with Crippen LogP contribution in [-0.4, -0.2) is 40.5 Å². The zero-order valence-electron chi connectivity index (χ0n) is 18.5. The van der Waals surface area contributed by atoms with Crippen LogP contribution in [0.4, 0.5) is 5.82 Å². The lowest BCUT2D eigenvalue weighted by Gasteiger charge is -2.29. The van der Waals surface area contributed by atoms with Gasteiger partial charge in [-0.05, 0) is 65.0 Å². The van der Waals surface area contributed by atoms with E-state index in [-0.39, 0.29) is 18.1 Å². The number of piperidine rings is 1. The number of anilines is 1. The summed E-state index contributed by atoms with van der Waals surface area (Å²) in [7, 11) is 0. The Morgan fingerprint density at radius 3 is 2.38 bits per heavy atom. The van der Waals surface area contributed by atoms with E-state index in [1.807, 2.05) is 12.1 Å². The van der Waals surface area contributed by atoms with Gasteiger partial charge in [0.05, 0.1) is 0 Å². The fourth-order valence-electron chi connectivity index (χ4n) is 3.94. The topological polar surface area (TPSA) is 86.1 Å². The third-order valence-corrected chi connectivity index (χ3v) is 6.49. The number of benzene rings is 2. The number of nitrogens with one attached hydrogen (secondary N) is 2. The quantitative estimate of drug-likeness (QED) is 0.229. The molecule has 0 saturated carbocycles. The predicted octanol–water partition coefficient (Wildman–Crippen LogP) is 5.99. The highest BCUT2D eigenvalue weighted by molar-refractivity contribution is 9.10. The van der Waals surface area contributed by atoms with Crippen LogP contribution in [0.3, 0.4) is 0 Å². The van der Waals surface area contributed by atoms with Crippen molar-refractivity contribution < 1.29 is 9.59 Å². The molecule has 1 fully saturated rings. The maximum absolute atomic E-state index is 13.0. The highest BCUT2D eigenvalue weighted by atomic mass is 79.9. The standard InChI is InChI=1S/C26H24BrClN4O2/c27-20-9-11-24(30-16-20)31-26(34)22-15-21(28)10-8-19(22)14-23(33)17-4-6-18(7-5-17)25(29)32-12-2-1-3-13-32/h4-11,15-16,29H,1-3,12-14H2,(H,30,31,34). The second-order valence-electron chi connectivity index (χ2n) is 8.19. The average molecular weight is 540 g/mol. The molecule has 0 radical (unpaired) electrons. The molecule has 2 N–H and O–H groups in total. The Labute approximate surface area is 212 Å². The monoisotopic (exact) mass is 538 g/mol. The molecule has 1 saturated heterocycles. The molecule has 0 spiro atoms. The maximum atomic E-state index is 13.0. The third kappa shape index (κ3) is 5.90. The van der Waals surface area contributed by atoms with Crippen molar-refractivity contribution in [2.75, 3.05) is 18.4 Å². The van der Waals surface area contributed by atoms with E-state index in [2.05, 4.69) is 31.1 Å². The highest BCUT2D eigenvalue weighted by Crippen LogP contribution is 2.21. The van der Waals surface area contributed by atoms with E-state index in [0.717, 1.165) is 36.0 Å². The number of amidine groups is 1. The molecule has 1 aliphatic rings. The number of likely N-dealkylation sites (tertiary alicyclic amines) is 1. The molecule has 0 bridgehead atoms. The summed E-state index contributed by atoms with van der Waals surface area (Å²) in [5.41, 5.74) is 2.24. The molecule has 1 aromatic heterocycles. The molecule has 2 heterocycles. The van der Waals surface area contributed by atoms with Crippen LogP contribution in [0, 0.1) is 5.41 Å². The molecule has 0 unspecified atom stereocenters. The molecule has 1 aliphatic heterocycles. The van der Waals surface area contributed by atoms with Crippen LogP contribution in [-0.2, 0) is 6.42 Å². The van der Waals surface area contributed by atoms with Gasteiger partial charge in [0, 0.05) is 51.9 Å². The average Bonchev–Trinajstić information content (AvgIpc) is 2.86. The fourth-order valence-corrected chi connectivity index (χ4v) is 4.34. The SMILES string of the molecule is N=C(c1ccc(C(=O)Cc2ccc(Cl)cc2C(=O)Nc2ccc(Br)cn2)cc1)N1CCCCC1. The number of carbonyl (C=O) groups is 2. The van der Waals surface area contributed by atoms with Gasteiger partial charge in [0.2, 0.25) is 0 Å². The first-order valence-electron chi connectivity index (χ1n) is 11.1. The van der Waals surface area contributed by atoms with Crippen molar-refractivity contribution in [2.45, 2.75) is 25.7 Å². The van der Waals surface area contributed by atoms with E-state index < -0.39 is 0 Å². The number of rotatable bonds is 6. The minimum absolute atomic E-state index is 0.0522. The zero-order valence-corrected chi connectivity index (χ0v) is 20.8. The molecule has 1 amide bonds. The van der Waals surface area contributed by atoms with E-state index in [1.165, 1.54) is 6.42 Å². The van der Waals surface area contributed by atoms with Crippen LogP contribution in [0.2, 0.25) is 5.02 Å². The van der Waals surface area contributed by atoms with Gasteiger partial charge in [0.25, 0.3) is 5.91 Å². The number of halogens is 2. The van der Waals surface area contributed by atoms with E-state index in [1.54, 1.807) is 48.7 Å². The normalized spacial score (nSPS) is 13.4. The maximum Gasteiger partial charge on any atom is 0.257 e. The molecule has 8 heteroatoms. The van der Waals surface area contributed by atoms with Crippen LogP contribution in [0.15, 0.2) is 65.3 Å². The molecule has 0 aliphatic carbocycles. The van der Waals surface area contributed by atoms with E-state index in [4.69, 9.17) is 17.0 Å². The second-order valence-corrected chi connectivity index (χ2v) is 9.54. The molecule has 34 heavy (non-hydrogen) atoms. The van der Waals surface area contributed by atoms with Gasteiger partial charge in [-0.2, -0.15) is 0 Å². The molecule has 0 atom stereocenters. The summed E-state index contributed by atoms with van der Waals surface area (Å²) in [6.07, 6.45) is 5.06. The summed E-state index contributed by atoms with van der Waals surface area (Å²) in [5, 5.41) is 11.6. The first kappa shape index (κ1) is 24.1. The van der Waals surface area contributed by atoms with Crippen molar-refractivity contribution in [3.8, 4) is 0 Å². The van der Waals surface area contributed by atoms with Crippen LogP contribution < -0.4 is 5.32 Å². The van der Waals surface area contributed by atoms with Crippen LogP contribution in [0.25, 0.3) is 0 Å². The van der Waals surface area contributed by atoms with Crippen molar-refractivity contribution >= 4 is 50.9 Å². The summed E-state index contributed by atoms with van der Waals surface area (Å²) >= 11 is 9.45. The highest BCUT2D eigenvalue weighted by Gasteiger charge is 2.18. The van der Waals surface area contributed by atoms with Gasteiger partial charge in [0.1, 0.15) is 11.7 Å². The van der Waals surface area contributed by atoms with E-state index >= 15 is 0 Å². The first-order chi connectivity index (χ1) is 16.4. The lowest BCUT2D eigenvalue weighted by molar-refractivity contribution is 0.0992. The molecule has 2 aromatic carbocycles. The summed E-state index contributed by atoms with van der Waals surface area (Å²) in [4.78, 5) is 32.1. The number of aromatic nitrogens is 1. The Bertz CT molecular complexity index is 1210. The molecular formula is C26H24BrClN4O2. The van der Waals surface area contributed by atoms with Crippen LogP contribution in [0.1, 0.15) is 51.1 Å². The Morgan fingerprint density at radius 1 is 1.00 bits per heavy atom. The van der Waals surface area contributed by atoms with Gasteiger partial charge in [0.15, 0.2) is 5.78 Å². The molecule has 4 rings (SSSR count). The second kappa shape index (κ2) is 10.9. The summed E-state index contributed by atoms with van der Waals surface area (Å²) in [5.74, 6) is 0.397. The zero-order chi connectivity index (χ0) is 24.1. The van der Waals surface area contributed by atoms with E-state index in [9.17, 15) is 9.59 Å². The number of amides is 1. The summed E-state index contributed by atoms with van der Waals surface area (Å²) in [6.45, 7) is 1.80. The van der Waals surface area contributed by atoms with Crippen molar-refractivity contribution in [1.82, 2.24) is 9.88 Å². The number of ketones is 1. The largest absolute Gasteiger partial charge is 0.357 e. The Hall–Kier alpha value is -3.03. The smallest absolute Gasteiger partial charge is 0.257 e. The lowest BCUT2D eigenvalue weighted by Crippen LogP contribution is -2.35. The summed E-state index contributed by atoms with van der Waals surface area (Å²) < 4.78 is 0.802. The molecular weight excluding hydrogens is 516 g/mol. The summed E-state index contributed by atoms with van der Waals surface area (Å²) in [6, 6.07) is 15.5. The lowest BCUT2D eigenvalue weighted by atomic mass is 9.97. The van der Waals surface area contributed by atoms with Crippen molar-refractivity contribution in [2.24, 2.45) is 0 Å². The number of Topliss-reactive ketones (excluding diaryl/α,β-unsaturated/α-hetero) is 1.